The fourth-order valence-electron chi connectivity index (χ4n) is 2.63. The highest BCUT2D eigenvalue weighted by Crippen LogP contribution is 2.30. The summed E-state index contributed by atoms with van der Waals surface area (Å²) in [6.07, 6.45) is 0.663. The molecular formula is C15H19ClN4O4S. The van der Waals surface area contributed by atoms with Gasteiger partial charge in [-0.1, -0.05) is 23.6 Å². The van der Waals surface area contributed by atoms with E-state index in [2.05, 4.69) is 10.2 Å². The van der Waals surface area contributed by atoms with Crippen molar-refractivity contribution in [1.29, 1.82) is 0 Å². The number of nitrogens with zero attached hydrogens (tertiary/aromatic N) is 4. The molecule has 0 atom stereocenters. The van der Waals surface area contributed by atoms with E-state index in [-0.39, 0.29) is 10.6 Å². The van der Waals surface area contributed by atoms with Crippen molar-refractivity contribution in [3.05, 3.63) is 29.1 Å². The fourth-order valence-corrected chi connectivity index (χ4v) is 4.47. The van der Waals surface area contributed by atoms with E-state index in [1.807, 2.05) is 11.8 Å². The maximum Gasteiger partial charge on any atom is 0.318 e. The first-order valence-corrected chi connectivity index (χ1v) is 9.68. The molecule has 0 bridgehead atoms. The van der Waals surface area contributed by atoms with E-state index in [4.69, 9.17) is 20.8 Å². The van der Waals surface area contributed by atoms with E-state index in [1.165, 1.54) is 17.5 Å². The Morgan fingerprint density at radius 1 is 1.24 bits per heavy atom. The van der Waals surface area contributed by atoms with Crippen LogP contribution in [0.5, 0.6) is 5.75 Å². The van der Waals surface area contributed by atoms with Crippen LogP contribution in [0.25, 0.3) is 0 Å². The minimum absolute atomic E-state index is 0.0713. The Bertz CT molecular complexity index is 847. The average Bonchev–Trinajstić information content (AvgIpc) is 3.11. The maximum atomic E-state index is 12.9. The van der Waals surface area contributed by atoms with Crippen molar-refractivity contribution in [3.8, 4) is 5.75 Å². The quantitative estimate of drug-likeness (QED) is 0.774. The van der Waals surface area contributed by atoms with Crippen molar-refractivity contribution in [1.82, 2.24) is 14.5 Å². The highest BCUT2D eigenvalue weighted by atomic mass is 35.5. The number of aryl methyl sites for hydroxylation is 1. The lowest BCUT2D eigenvalue weighted by atomic mass is 10.3. The second-order valence-corrected chi connectivity index (χ2v) is 7.86. The van der Waals surface area contributed by atoms with Crippen LogP contribution in [0, 0.1) is 0 Å². The molecule has 0 spiro atoms. The lowest BCUT2D eigenvalue weighted by molar-refractivity contribution is 0.363. The molecule has 1 aromatic carbocycles. The predicted octanol–water partition coefficient (Wildman–Crippen LogP) is 1.80. The summed E-state index contributed by atoms with van der Waals surface area (Å²) in [6, 6.07) is 4.98. The largest absolute Gasteiger partial charge is 0.495 e. The van der Waals surface area contributed by atoms with Crippen molar-refractivity contribution in [3.63, 3.8) is 0 Å². The van der Waals surface area contributed by atoms with Gasteiger partial charge < -0.3 is 14.1 Å². The molecule has 136 valence electrons. The zero-order valence-electron chi connectivity index (χ0n) is 14.0. The van der Waals surface area contributed by atoms with Crippen LogP contribution < -0.4 is 9.64 Å². The number of piperazine rings is 1. The van der Waals surface area contributed by atoms with Gasteiger partial charge in [-0.05, 0) is 18.2 Å². The molecule has 1 aromatic heterocycles. The third-order valence-electron chi connectivity index (χ3n) is 4.01. The van der Waals surface area contributed by atoms with Crippen LogP contribution in [0.1, 0.15) is 12.8 Å². The first-order chi connectivity index (χ1) is 12.0. The van der Waals surface area contributed by atoms with Crippen LogP contribution in [0.2, 0.25) is 5.02 Å². The van der Waals surface area contributed by atoms with Gasteiger partial charge in [-0.2, -0.15) is 4.31 Å². The second kappa shape index (κ2) is 7.19. The fraction of sp³-hybridized carbons (Fsp3) is 0.467. The van der Waals surface area contributed by atoms with Gasteiger partial charge >= 0.3 is 6.01 Å². The van der Waals surface area contributed by atoms with E-state index in [9.17, 15) is 8.42 Å². The highest BCUT2D eigenvalue weighted by molar-refractivity contribution is 7.89. The Morgan fingerprint density at radius 2 is 1.96 bits per heavy atom. The number of hydrogen-bond acceptors (Lipinski definition) is 7. The van der Waals surface area contributed by atoms with Gasteiger partial charge in [0.25, 0.3) is 0 Å². The summed E-state index contributed by atoms with van der Waals surface area (Å²) in [7, 11) is -2.27. The molecule has 3 rings (SSSR count). The Balaban J connectivity index is 1.76. The van der Waals surface area contributed by atoms with Crippen molar-refractivity contribution in [2.75, 3.05) is 38.2 Å². The van der Waals surface area contributed by atoms with Crippen LogP contribution in [0.3, 0.4) is 0 Å². The molecule has 0 N–H and O–H groups in total. The van der Waals surface area contributed by atoms with Crippen molar-refractivity contribution >= 4 is 27.6 Å². The SMILES string of the molecule is CCc1nnc(N2CCN(S(=O)(=O)c3cc(Cl)ccc3OC)CC2)o1. The third-order valence-corrected chi connectivity index (χ3v) is 6.17. The molecular weight excluding hydrogens is 368 g/mol. The van der Waals surface area contributed by atoms with Crippen molar-refractivity contribution in [2.45, 2.75) is 18.2 Å². The van der Waals surface area contributed by atoms with Crippen molar-refractivity contribution in [2.24, 2.45) is 0 Å². The van der Waals surface area contributed by atoms with E-state index in [1.54, 1.807) is 12.1 Å². The molecule has 0 unspecified atom stereocenters. The number of rotatable bonds is 5. The van der Waals surface area contributed by atoms with Crippen LogP contribution in [-0.2, 0) is 16.4 Å². The summed E-state index contributed by atoms with van der Waals surface area (Å²) in [5.74, 6) is 0.838. The van der Waals surface area contributed by atoms with Gasteiger partial charge in [-0.3, -0.25) is 0 Å². The Labute approximate surface area is 151 Å². The molecule has 25 heavy (non-hydrogen) atoms. The zero-order valence-corrected chi connectivity index (χ0v) is 15.5. The molecule has 10 heteroatoms. The molecule has 1 aliphatic heterocycles. The predicted molar refractivity (Wildman–Crippen MR) is 92.7 cm³/mol. The zero-order chi connectivity index (χ0) is 18.0. The third kappa shape index (κ3) is 3.58. The molecule has 0 amide bonds. The van der Waals surface area contributed by atoms with E-state index in [0.29, 0.717) is 49.5 Å². The summed E-state index contributed by atoms with van der Waals surface area (Å²) in [5.41, 5.74) is 0. The number of hydrogen-bond donors (Lipinski definition) is 0. The molecule has 0 saturated carbocycles. The lowest BCUT2D eigenvalue weighted by Crippen LogP contribution is -2.48. The summed E-state index contributed by atoms with van der Waals surface area (Å²) in [4.78, 5) is 1.95. The smallest absolute Gasteiger partial charge is 0.318 e. The standard InChI is InChI=1S/C15H19ClN4O4S/c1-3-14-17-18-15(24-14)19-6-8-20(9-7-19)25(21,22)13-10-11(16)4-5-12(13)23-2/h4-5,10H,3,6-9H2,1-2H3. The molecule has 0 radical (unpaired) electrons. The van der Waals surface area contributed by atoms with Crippen LogP contribution in [0.15, 0.2) is 27.5 Å². The van der Waals surface area contributed by atoms with Crippen LogP contribution >= 0.6 is 11.6 Å². The lowest BCUT2D eigenvalue weighted by Gasteiger charge is -2.33. The average molecular weight is 387 g/mol. The molecule has 1 aliphatic rings. The Hall–Kier alpha value is -1.84. The van der Waals surface area contributed by atoms with E-state index < -0.39 is 10.0 Å². The Kier molecular flexibility index (Phi) is 5.16. The summed E-state index contributed by atoms with van der Waals surface area (Å²) < 4.78 is 38.0. The topological polar surface area (TPSA) is 88.8 Å². The monoisotopic (exact) mass is 386 g/mol. The molecule has 1 fully saturated rings. The first kappa shape index (κ1) is 18.0. The number of halogens is 1. The van der Waals surface area contributed by atoms with Gasteiger partial charge in [0, 0.05) is 37.6 Å². The minimum Gasteiger partial charge on any atom is -0.495 e. The van der Waals surface area contributed by atoms with Gasteiger partial charge in [-0.15, -0.1) is 5.10 Å². The van der Waals surface area contributed by atoms with Gasteiger partial charge in [0.15, 0.2) is 0 Å². The summed E-state index contributed by atoms with van der Waals surface area (Å²) in [6.45, 7) is 3.48. The molecule has 1 saturated heterocycles. The first-order valence-electron chi connectivity index (χ1n) is 7.86. The van der Waals surface area contributed by atoms with Crippen molar-refractivity contribution < 1.29 is 17.6 Å². The van der Waals surface area contributed by atoms with Gasteiger partial charge in [-0.25, -0.2) is 8.42 Å². The highest BCUT2D eigenvalue weighted by Gasteiger charge is 2.32. The van der Waals surface area contributed by atoms with Gasteiger partial charge in [0.05, 0.1) is 7.11 Å². The maximum absolute atomic E-state index is 12.9. The molecule has 8 nitrogen and oxygen atoms in total. The molecule has 2 aromatic rings. The number of anilines is 1. The number of ether oxygens (including phenoxy) is 1. The minimum atomic E-state index is -3.70. The van der Waals surface area contributed by atoms with E-state index >= 15 is 0 Å². The van der Waals surface area contributed by atoms with Gasteiger partial charge in [0.1, 0.15) is 10.6 Å². The van der Waals surface area contributed by atoms with Crippen LogP contribution in [-0.4, -0.2) is 56.2 Å². The number of benzene rings is 1. The summed E-state index contributed by atoms with van der Waals surface area (Å²) >= 11 is 5.96. The van der Waals surface area contributed by atoms with Gasteiger partial charge in [0.2, 0.25) is 15.9 Å². The number of aromatic nitrogens is 2. The second-order valence-electron chi connectivity index (χ2n) is 5.52. The molecule has 2 heterocycles. The van der Waals surface area contributed by atoms with E-state index in [0.717, 1.165) is 0 Å². The normalized spacial score (nSPS) is 16.2. The number of sulfonamides is 1. The Morgan fingerprint density at radius 3 is 2.56 bits per heavy atom. The molecule has 0 aliphatic carbocycles. The van der Waals surface area contributed by atoms with Crippen LogP contribution in [0.4, 0.5) is 6.01 Å². The number of methoxy groups -OCH3 is 1. The summed E-state index contributed by atoms with van der Waals surface area (Å²) in [5, 5.41) is 8.28.